The van der Waals surface area contributed by atoms with Gasteiger partial charge in [-0.2, -0.15) is 0 Å². The van der Waals surface area contributed by atoms with E-state index in [4.69, 9.17) is 4.74 Å². The van der Waals surface area contributed by atoms with Crippen molar-refractivity contribution in [2.24, 2.45) is 28.1 Å². The lowest BCUT2D eigenvalue weighted by Gasteiger charge is -2.60. The first-order chi connectivity index (χ1) is 18.1. The fourth-order valence-corrected chi connectivity index (χ4v) is 7.27. The molecule has 1 heterocycles. The topological polar surface area (TPSA) is 60.4 Å². The number of fused-ring (bicyclic) bond motifs is 1. The van der Waals surface area contributed by atoms with E-state index in [1.165, 1.54) is 11.1 Å². The average molecular weight is 535 g/mol. The Kier molecular flexibility index (Phi) is 8.90. The molecular formula is C35H50O4. The van der Waals surface area contributed by atoms with Crippen LogP contribution < -0.4 is 0 Å². The molecule has 1 aliphatic heterocycles. The van der Waals surface area contributed by atoms with Crippen molar-refractivity contribution in [2.75, 3.05) is 0 Å². The van der Waals surface area contributed by atoms with Crippen LogP contribution >= 0.6 is 0 Å². The van der Waals surface area contributed by atoms with Gasteiger partial charge < -0.3 is 4.74 Å². The van der Waals surface area contributed by atoms with Crippen molar-refractivity contribution < 1.29 is 19.1 Å². The van der Waals surface area contributed by atoms with E-state index in [1.54, 1.807) is 0 Å². The van der Waals surface area contributed by atoms with Gasteiger partial charge >= 0.3 is 0 Å². The Hall–Kier alpha value is -2.49. The van der Waals surface area contributed by atoms with Gasteiger partial charge in [0.25, 0.3) is 0 Å². The second kappa shape index (κ2) is 11.2. The summed E-state index contributed by atoms with van der Waals surface area (Å²) >= 11 is 0. The molecule has 3 aliphatic rings. The largest absolute Gasteiger partial charge is 0.489 e. The molecule has 0 N–H and O–H groups in total. The normalized spacial score (nSPS) is 31.5. The van der Waals surface area contributed by atoms with Crippen LogP contribution in [0.4, 0.5) is 0 Å². The molecule has 39 heavy (non-hydrogen) atoms. The summed E-state index contributed by atoms with van der Waals surface area (Å²) < 4.78 is 6.50. The fraction of sp³-hybridized carbons (Fsp3) is 0.629. The molecule has 1 spiro atoms. The maximum absolute atomic E-state index is 15.1. The highest BCUT2D eigenvalue weighted by atomic mass is 16.5. The summed E-state index contributed by atoms with van der Waals surface area (Å²) in [5, 5.41) is 0. The Morgan fingerprint density at radius 3 is 2.08 bits per heavy atom. The molecule has 0 radical (unpaired) electrons. The van der Waals surface area contributed by atoms with E-state index in [2.05, 4.69) is 53.3 Å². The molecule has 3 rings (SSSR count). The lowest BCUT2D eigenvalue weighted by atomic mass is 9.38. The van der Waals surface area contributed by atoms with Gasteiger partial charge in [-0.25, -0.2) is 0 Å². The smallest absolute Gasteiger partial charge is 0.184 e. The van der Waals surface area contributed by atoms with Crippen LogP contribution in [0.25, 0.3) is 0 Å². The zero-order valence-electron chi connectivity index (χ0n) is 26.0. The van der Waals surface area contributed by atoms with E-state index < -0.39 is 22.2 Å². The van der Waals surface area contributed by atoms with E-state index in [9.17, 15) is 9.59 Å². The Morgan fingerprint density at radius 2 is 1.56 bits per heavy atom. The Balaban J connectivity index is 2.44. The molecule has 0 aromatic carbocycles. The molecule has 1 saturated carbocycles. The first-order valence-electron chi connectivity index (χ1n) is 14.7. The summed E-state index contributed by atoms with van der Waals surface area (Å²) in [7, 11) is 0. The molecular weight excluding hydrogens is 484 g/mol. The summed E-state index contributed by atoms with van der Waals surface area (Å²) in [5.74, 6) is -0.736. The number of allylic oxidation sites excluding steroid dienone is 8. The number of carbonyl (C=O) groups is 3. The van der Waals surface area contributed by atoms with Gasteiger partial charge in [-0.05, 0) is 97.5 Å². The molecule has 4 heteroatoms. The third-order valence-corrected chi connectivity index (χ3v) is 9.43. The van der Waals surface area contributed by atoms with Gasteiger partial charge in [0.2, 0.25) is 0 Å². The highest BCUT2D eigenvalue weighted by Crippen LogP contribution is 2.69. The van der Waals surface area contributed by atoms with Gasteiger partial charge in [-0.3, -0.25) is 14.4 Å². The molecule has 0 aromatic heterocycles. The summed E-state index contributed by atoms with van der Waals surface area (Å²) in [6.07, 6.45) is 9.49. The maximum Gasteiger partial charge on any atom is 0.184 e. The standard InChI is InChI=1S/C35H50O4/c1-21(2)13-12-18-33(11)26(16-14-22(3)4)19-34-20-28(24(7)8)39-31(34)27(17-15-23(5)6)30(37)35(33,32(34)38)29(36)25(9)10/h13-15,25-26,28H,7,12,16-20H2,1-6,8-11H3/t26-,28-,33+,34-,35-/m0/s1. The van der Waals surface area contributed by atoms with Crippen molar-refractivity contribution in [2.45, 2.75) is 114 Å². The molecule has 4 nitrogen and oxygen atoms in total. The summed E-state index contributed by atoms with van der Waals surface area (Å²) in [6.45, 7) is 24.1. The number of carbonyl (C=O) groups excluding carboxylic acids is 3. The zero-order chi connectivity index (χ0) is 29.5. The third kappa shape index (κ3) is 4.98. The molecule has 0 unspecified atom stereocenters. The minimum atomic E-state index is -1.73. The second-order valence-electron chi connectivity index (χ2n) is 13.6. The molecule has 0 amide bonds. The van der Waals surface area contributed by atoms with E-state index in [0.29, 0.717) is 37.0 Å². The molecule has 5 atom stereocenters. The lowest BCUT2D eigenvalue weighted by Crippen LogP contribution is -2.70. The van der Waals surface area contributed by atoms with Crippen LogP contribution in [0.15, 0.2) is 58.4 Å². The van der Waals surface area contributed by atoms with E-state index in [1.807, 2.05) is 40.7 Å². The van der Waals surface area contributed by atoms with Crippen LogP contribution in [-0.2, 0) is 19.1 Å². The van der Waals surface area contributed by atoms with Crippen molar-refractivity contribution in [3.63, 3.8) is 0 Å². The van der Waals surface area contributed by atoms with Crippen LogP contribution in [0.2, 0.25) is 0 Å². The van der Waals surface area contributed by atoms with Gasteiger partial charge in [0.15, 0.2) is 22.8 Å². The predicted molar refractivity (Wildman–Crippen MR) is 159 cm³/mol. The van der Waals surface area contributed by atoms with Crippen molar-refractivity contribution in [1.82, 2.24) is 0 Å². The monoisotopic (exact) mass is 534 g/mol. The molecule has 214 valence electrons. The average Bonchev–Trinajstić information content (AvgIpc) is 3.21. The number of Topliss-reactive ketones (excluding diaryl/α,β-unsaturated/α-hetero) is 3. The van der Waals surface area contributed by atoms with Crippen LogP contribution in [0.3, 0.4) is 0 Å². The molecule has 1 saturated heterocycles. The quantitative estimate of drug-likeness (QED) is 0.208. The fourth-order valence-electron chi connectivity index (χ4n) is 7.27. The highest BCUT2D eigenvalue weighted by Gasteiger charge is 2.77. The number of hydrogen-bond donors (Lipinski definition) is 0. The van der Waals surface area contributed by atoms with Crippen molar-refractivity contribution in [3.8, 4) is 0 Å². The SMILES string of the molecule is C=C(C)[C@@H]1C[C@@]23C[C@H](CC=C(C)C)[C@@](C)(CCC=C(C)C)[C@@](C(=O)C(C)C)(C(=O)C(CC=C(C)C)=C2O1)C3=O. The van der Waals surface area contributed by atoms with Crippen LogP contribution in [0, 0.1) is 28.1 Å². The van der Waals surface area contributed by atoms with Crippen molar-refractivity contribution in [3.05, 3.63) is 58.4 Å². The summed E-state index contributed by atoms with van der Waals surface area (Å²) in [6, 6.07) is 0. The number of hydrogen-bond acceptors (Lipinski definition) is 4. The van der Waals surface area contributed by atoms with Crippen LogP contribution in [-0.4, -0.2) is 23.5 Å². The Bertz CT molecular complexity index is 1180. The van der Waals surface area contributed by atoms with Crippen LogP contribution in [0.5, 0.6) is 0 Å². The third-order valence-electron chi connectivity index (χ3n) is 9.43. The van der Waals surface area contributed by atoms with Gasteiger partial charge in [-0.1, -0.05) is 62.3 Å². The van der Waals surface area contributed by atoms with Gasteiger partial charge in [0, 0.05) is 17.9 Å². The Morgan fingerprint density at radius 1 is 0.974 bits per heavy atom. The van der Waals surface area contributed by atoms with Crippen molar-refractivity contribution in [1.29, 1.82) is 0 Å². The minimum Gasteiger partial charge on any atom is -0.489 e. The number of ketones is 3. The summed E-state index contributed by atoms with van der Waals surface area (Å²) in [5.41, 5.74) is 1.29. The molecule has 0 aromatic rings. The van der Waals surface area contributed by atoms with Gasteiger partial charge in [0.05, 0.1) is 5.41 Å². The van der Waals surface area contributed by atoms with Gasteiger partial charge in [0.1, 0.15) is 11.9 Å². The second-order valence-corrected chi connectivity index (χ2v) is 13.6. The zero-order valence-corrected chi connectivity index (χ0v) is 26.0. The molecule has 2 bridgehead atoms. The summed E-state index contributed by atoms with van der Waals surface area (Å²) in [4.78, 5) is 44.6. The minimum absolute atomic E-state index is 0.0326. The van der Waals surface area contributed by atoms with E-state index in [-0.39, 0.29) is 29.4 Å². The lowest BCUT2D eigenvalue weighted by molar-refractivity contribution is -0.178. The van der Waals surface area contributed by atoms with Crippen LogP contribution in [0.1, 0.15) is 108 Å². The number of rotatable bonds is 10. The van der Waals surface area contributed by atoms with E-state index >= 15 is 4.79 Å². The molecule has 2 aliphatic carbocycles. The number of ether oxygens (including phenoxy) is 1. The highest BCUT2D eigenvalue weighted by molar-refractivity contribution is 6.33. The molecule has 2 fully saturated rings. The van der Waals surface area contributed by atoms with Crippen molar-refractivity contribution >= 4 is 17.3 Å². The first kappa shape index (κ1) is 31.0. The Labute approximate surface area is 236 Å². The van der Waals surface area contributed by atoms with Gasteiger partial charge in [-0.15, -0.1) is 0 Å². The predicted octanol–water partition coefficient (Wildman–Crippen LogP) is 8.44. The van der Waals surface area contributed by atoms with E-state index in [0.717, 1.165) is 24.0 Å². The maximum atomic E-state index is 15.1. The first-order valence-corrected chi connectivity index (χ1v) is 14.7.